The summed E-state index contributed by atoms with van der Waals surface area (Å²) < 4.78 is 38.8. The molecular formula is C18H16ClF3N4. The predicted molar refractivity (Wildman–Crippen MR) is 92.4 cm³/mol. The lowest BCUT2D eigenvalue weighted by Gasteiger charge is -2.01. The summed E-state index contributed by atoms with van der Waals surface area (Å²) in [5.41, 5.74) is 1.60. The third-order valence-electron chi connectivity index (χ3n) is 3.43. The van der Waals surface area contributed by atoms with Crippen LogP contribution in [-0.2, 0) is 0 Å². The van der Waals surface area contributed by atoms with Crippen LogP contribution in [0.5, 0.6) is 0 Å². The van der Waals surface area contributed by atoms with Crippen molar-refractivity contribution < 1.29 is 13.2 Å². The van der Waals surface area contributed by atoms with Crippen LogP contribution in [0.4, 0.5) is 13.2 Å². The van der Waals surface area contributed by atoms with Gasteiger partial charge in [0.05, 0.1) is 17.8 Å². The molecule has 1 aliphatic rings. The fourth-order valence-electron chi connectivity index (χ4n) is 2.25. The van der Waals surface area contributed by atoms with Crippen molar-refractivity contribution in [2.75, 3.05) is 0 Å². The van der Waals surface area contributed by atoms with Crippen molar-refractivity contribution >= 4 is 17.2 Å². The molecule has 4 nitrogen and oxygen atoms in total. The maximum absolute atomic E-state index is 13.2. The molecule has 1 aliphatic carbocycles. The summed E-state index contributed by atoms with van der Waals surface area (Å²) >= 11 is 5.80. The first-order valence-corrected chi connectivity index (χ1v) is 8.41. The second-order valence-corrected chi connectivity index (χ2v) is 5.67. The Balaban J connectivity index is 0.000000180. The number of halogens is 4. The Morgan fingerprint density at radius 2 is 1.73 bits per heavy atom. The summed E-state index contributed by atoms with van der Waals surface area (Å²) in [6.07, 6.45) is 3.43. The van der Waals surface area contributed by atoms with Crippen LogP contribution in [-0.4, -0.2) is 14.6 Å². The first-order valence-electron chi connectivity index (χ1n) is 8.04. The second kappa shape index (κ2) is 8.68. The van der Waals surface area contributed by atoms with Gasteiger partial charge >= 0.3 is 0 Å². The highest BCUT2D eigenvalue weighted by atomic mass is 35.5. The minimum Gasteiger partial charge on any atom is -0.232 e. The van der Waals surface area contributed by atoms with Crippen molar-refractivity contribution in [3.8, 4) is 6.07 Å². The predicted octanol–water partition coefficient (Wildman–Crippen LogP) is 5.26. The molecule has 8 heteroatoms. The number of aromatic nitrogens is 3. The summed E-state index contributed by atoms with van der Waals surface area (Å²) in [7, 11) is 0. The monoisotopic (exact) mass is 380 g/mol. The largest absolute Gasteiger partial charge is 0.234 e. The molecule has 0 N–H and O–H groups in total. The normalized spacial score (nSPS) is 12.5. The Morgan fingerprint density at radius 1 is 1.12 bits per heavy atom. The van der Waals surface area contributed by atoms with E-state index in [1.54, 1.807) is 12.1 Å². The molecule has 4 rings (SSSR count). The van der Waals surface area contributed by atoms with Crippen LogP contribution in [0.3, 0.4) is 0 Å². The molecule has 1 aromatic carbocycles. The summed E-state index contributed by atoms with van der Waals surface area (Å²) in [6.45, 7) is 4.00. The molecule has 0 bridgehead atoms. The van der Waals surface area contributed by atoms with Crippen LogP contribution in [0.15, 0.2) is 30.5 Å². The van der Waals surface area contributed by atoms with E-state index in [4.69, 9.17) is 16.9 Å². The average Bonchev–Trinajstić information content (AvgIpc) is 3.40. The third-order valence-corrected chi connectivity index (χ3v) is 3.62. The number of hydrogen-bond donors (Lipinski definition) is 0. The molecular weight excluding hydrogens is 365 g/mol. The van der Waals surface area contributed by atoms with Gasteiger partial charge in [-0.2, -0.15) is 19.3 Å². The lowest BCUT2D eigenvalue weighted by molar-refractivity contribution is 0.548. The van der Waals surface area contributed by atoms with Gasteiger partial charge in [0.2, 0.25) is 5.95 Å². The Labute approximate surface area is 153 Å². The number of benzene rings is 1. The van der Waals surface area contributed by atoms with Crippen LogP contribution in [0, 0.1) is 28.9 Å². The Hall–Kier alpha value is -2.59. The van der Waals surface area contributed by atoms with E-state index in [0.717, 1.165) is 41.1 Å². The molecule has 0 saturated heterocycles. The van der Waals surface area contributed by atoms with Crippen LogP contribution in [0.25, 0.3) is 5.65 Å². The lowest BCUT2D eigenvalue weighted by atomic mass is 10.2. The number of nitrogens with zero attached hydrogens (tertiary/aromatic N) is 4. The lowest BCUT2D eigenvalue weighted by Crippen LogP contribution is -1.98. The van der Waals surface area contributed by atoms with Crippen molar-refractivity contribution in [1.29, 1.82) is 5.26 Å². The Bertz CT molecular complexity index is 925. The van der Waals surface area contributed by atoms with Gasteiger partial charge in [-0.3, -0.25) is 0 Å². The van der Waals surface area contributed by atoms with Gasteiger partial charge in [0.25, 0.3) is 0 Å². The molecule has 0 radical (unpaired) electrons. The standard InChI is InChI=1S/C9H7ClFN3.C7H3F2N.C2H6/c10-7-3-6(5-1-2-5)9-12-4-8(11)14(9)13-7;8-6-1-5(4-10)2-7(9)3-6;1-2/h3-5H,1-2H2;1-3H;1-2H3. The van der Waals surface area contributed by atoms with Crippen molar-refractivity contribution in [2.45, 2.75) is 32.6 Å². The van der Waals surface area contributed by atoms with Crippen LogP contribution >= 0.6 is 11.6 Å². The fraction of sp³-hybridized carbons (Fsp3) is 0.278. The van der Waals surface area contributed by atoms with Gasteiger partial charge in [0.1, 0.15) is 11.6 Å². The van der Waals surface area contributed by atoms with Crippen LogP contribution in [0.1, 0.15) is 43.7 Å². The summed E-state index contributed by atoms with van der Waals surface area (Å²) in [6, 6.07) is 6.08. The zero-order valence-corrected chi connectivity index (χ0v) is 14.9. The second-order valence-electron chi connectivity index (χ2n) is 5.28. The van der Waals surface area contributed by atoms with E-state index in [1.165, 1.54) is 6.20 Å². The van der Waals surface area contributed by atoms with E-state index in [-0.39, 0.29) is 5.56 Å². The van der Waals surface area contributed by atoms with Gasteiger partial charge in [0, 0.05) is 11.6 Å². The molecule has 2 heterocycles. The molecule has 0 aliphatic heterocycles. The quantitative estimate of drug-likeness (QED) is 0.578. The zero-order chi connectivity index (χ0) is 19.3. The molecule has 0 unspecified atom stereocenters. The summed E-state index contributed by atoms with van der Waals surface area (Å²) in [5.74, 6) is -1.43. The number of hydrogen-bond acceptors (Lipinski definition) is 3. The van der Waals surface area contributed by atoms with E-state index in [9.17, 15) is 13.2 Å². The van der Waals surface area contributed by atoms with Crippen LogP contribution in [0.2, 0.25) is 5.15 Å². The molecule has 26 heavy (non-hydrogen) atoms. The van der Waals surface area contributed by atoms with Crippen molar-refractivity contribution in [1.82, 2.24) is 14.6 Å². The minimum absolute atomic E-state index is 0.00231. The van der Waals surface area contributed by atoms with E-state index < -0.39 is 17.6 Å². The Kier molecular flexibility index (Phi) is 6.58. The van der Waals surface area contributed by atoms with E-state index in [0.29, 0.717) is 16.7 Å². The van der Waals surface area contributed by atoms with Crippen LogP contribution < -0.4 is 0 Å². The first-order chi connectivity index (χ1) is 12.5. The van der Waals surface area contributed by atoms with Gasteiger partial charge in [0.15, 0.2) is 10.8 Å². The molecule has 0 amide bonds. The first kappa shape index (κ1) is 19.7. The SMILES string of the molecule is CC.Fc1cnc2c(C3CC3)cc(Cl)nn12.N#Cc1cc(F)cc(F)c1. The smallest absolute Gasteiger partial charge is 0.232 e. The van der Waals surface area contributed by atoms with Gasteiger partial charge in [-0.1, -0.05) is 25.4 Å². The molecule has 1 fully saturated rings. The average molecular weight is 381 g/mol. The van der Waals surface area contributed by atoms with E-state index >= 15 is 0 Å². The summed E-state index contributed by atoms with van der Waals surface area (Å²) in [5, 5.41) is 12.4. The fourth-order valence-corrected chi connectivity index (χ4v) is 2.44. The van der Waals surface area contributed by atoms with Crippen molar-refractivity contribution in [2.24, 2.45) is 0 Å². The minimum atomic E-state index is -0.725. The molecule has 3 aromatic rings. The molecule has 2 aromatic heterocycles. The zero-order valence-electron chi connectivity index (χ0n) is 14.2. The molecule has 0 atom stereocenters. The van der Waals surface area contributed by atoms with Crippen molar-refractivity contribution in [3.63, 3.8) is 0 Å². The molecule has 1 saturated carbocycles. The van der Waals surface area contributed by atoms with Gasteiger partial charge in [-0.25, -0.2) is 13.8 Å². The van der Waals surface area contributed by atoms with E-state index in [1.807, 2.05) is 13.8 Å². The van der Waals surface area contributed by atoms with Gasteiger partial charge in [-0.05, 0) is 37.0 Å². The maximum atomic E-state index is 13.2. The van der Waals surface area contributed by atoms with Gasteiger partial charge in [-0.15, -0.1) is 0 Å². The highest BCUT2D eigenvalue weighted by molar-refractivity contribution is 6.29. The highest BCUT2D eigenvalue weighted by Gasteiger charge is 2.27. The summed E-state index contributed by atoms with van der Waals surface area (Å²) in [4.78, 5) is 3.99. The highest BCUT2D eigenvalue weighted by Crippen LogP contribution is 2.42. The maximum Gasteiger partial charge on any atom is 0.234 e. The number of rotatable bonds is 1. The number of nitriles is 1. The molecule has 136 valence electrons. The third kappa shape index (κ3) is 4.73. The number of imidazole rings is 1. The molecule has 0 spiro atoms. The van der Waals surface area contributed by atoms with Gasteiger partial charge < -0.3 is 0 Å². The van der Waals surface area contributed by atoms with Crippen molar-refractivity contribution in [3.05, 3.63) is 64.3 Å². The number of fused-ring (bicyclic) bond motifs is 1. The topological polar surface area (TPSA) is 54.0 Å². The Morgan fingerprint density at radius 3 is 2.27 bits per heavy atom. The van der Waals surface area contributed by atoms with E-state index in [2.05, 4.69) is 10.1 Å².